The fourth-order valence-corrected chi connectivity index (χ4v) is 4.72. The van der Waals surface area contributed by atoms with Crippen molar-refractivity contribution in [2.75, 3.05) is 39.8 Å². The van der Waals surface area contributed by atoms with Gasteiger partial charge < -0.3 is 9.80 Å². The van der Waals surface area contributed by atoms with Gasteiger partial charge in [-0.3, -0.25) is 14.5 Å². The predicted octanol–water partition coefficient (Wildman–Crippen LogP) is 1.90. The molecule has 1 unspecified atom stereocenters. The quantitative estimate of drug-likeness (QED) is 0.837. The van der Waals surface area contributed by atoms with Crippen LogP contribution in [0.25, 0.3) is 0 Å². The molecule has 0 saturated carbocycles. The summed E-state index contributed by atoms with van der Waals surface area (Å²) in [6, 6.07) is 4.24. The van der Waals surface area contributed by atoms with Crippen LogP contribution in [0, 0.1) is 11.3 Å². The highest BCUT2D eigenvalue weighted by molar-refractivity contribution is 7.09. The number of nitrogens with zero attached hydrogens (tertiary/aromatic N) is 3. The molecule has 3 rings (SSSR count). The summed E-state index contributed by atoms with van der Waals surface area (Å²) in [7, 11) is 1.88. The zero-order chi connectivity index (χ0) is 17.3. The van der Waals surface area contributed by atoms with Gasteiger partial charge in [0.15, 0.2) is 0 Å². The molecule has 24 heavy (non-hydrogen) atoms. The van der Waals surface area contributed by atoms with E-state index in [2.05, 4.69) is 22.4 Å². The van der Waals surface area contributed by atoms with Gasteiger partial charge in [0.1, 0.15) is 0 Å². The van der Waals surface area contributed by atoms with Crippen LogP contribution in [0.1, 0.15) is 25.1 Å². The average molecular weight is 350 g/mol. The number of thiophene rings is 1. The minimum Gasteiger partial charge on any atom is -0.345 e. The van der Waals surface area contributed by atoms with Crippen molar-refractivity contribution >= 4 is 23.2 Å². The van der Waals surface area contributed by atoms with Gasteiger partial charge in [0, 0.05) is 68.9 Å². The lowest BCUT2D eigenvalue weighted by Crippen LogP contribution is -2.45. The highest BCUT2D eigenvalue weighted by atomic mass is 32.1. The topological polar surface area (TPSA) is 43.9 Å². The third kappa shape index (κ3) is 3.64. The molecule has 132 valence electrons. The highest BCUT2D eigenvalue weighted by Gasteiger charge is 2.46. The first-order valence-electron chi connectivity index (χ1n) is 8.66. The van der Waals surface area contributed by atoms with Crippen molar-refractivity contribution in [1.29, 1.82) is 0 Å². The molecule has 0 N–H and O–H groups in total. The van der Waals surface area contributed by atoms with E-state index >= 15 is 0 Å². The van der Waals surface area contributed by atoms with Crippen LogP contribution in [-0.4, -0.2) is 66.3 Å². The number of likely N-dealkylation sites (tertiary alicyclic amines) is 1. The van der Waals surface area contributed by atoms with Crippen LogP contribution < -0.4 is 0 Å². The minimum absolute atomic E-state index is 0.000676. The van der Waals surface area contributed by atoms with E-state index in [1.54, 1.807) is 11.3 Å². The summed E-state index contributed by atoms with van der Waals surface area (Å²) in [6.07, 6.45) is 0.548. The van der Waals surface area contributed by atoms with Gasteiger partial charge in [-0.25, -0.2) is 0 Å². The number of rotatable bonds is 3. The molecule has 2 aliphatic heterocycles. The summed E-state index contributed by atoms with van der Waals surface area (Å²) in [6.45, 7) is 8.75. The number of carbonyl (C=O) groups is 2. The Morgan fingerprint density at radius 1 is 1.29 bits per heavy atom. The molecule has 2 amide bonds. The molecule has 1 spiro atoms. The second-order valence-electron chi connectivity index (χ2n) is 7.63. The van der Waals surface area contributed by atoms with Crippen LogP contribution >= 0.6 is 11.3 Å². The van der Waals surface area contributed by atoms with Crippen LogP contribution in [0.3, 0.4) is 0 Å². The third-order valence-electron chi connectivity index (χ3n) is 5.06. The van der Waals surface area contributed by atoms with E-state index in [0.29, 0.717) is 13.0 Å². The van der Waals surface area contributed by atoms with E-state index in [0.717, 1.165) is 32.7 Å². The lowest BCUT2D eigenvalue weighted by atomic mass is 9.85. The lowest BCUT2D eigenvalue weighted by molar-refractivity contribution is -0.135. The van der Waals surface area contributed by atoms with Crippen LogP contribution in [0.5, 0.6) is 0 Å². The molecule has 2 saturated heterocycles. The predicted molar refractivity (Wildman–Crippen MR) is 95.7 cm³/mol. The third-order valence-corrected chi connectivity index (χ3v) is 5.92. The Balaban J connectivity index is 1.81. The van der Waals surface area contributed by atoms with E-state index in [1.807, 2.05) is 30.7 Å². The summed E-state index contributed by atoms with van der Waals surface area (Å²) in [4.78, 5) is 32.4. The fourth-order valence-electron chi connectivity index (χ4n) is 3.98. The Morgan fingerprint density at radius 3 is 2.67 bits per heavy atom. The number of hydrogen-bond acceptors (Lipinski definition) is 4. The van der Waals surface area contributed by atoms with Crippen molar-refractivity contribution in [3.05, 3.63) is 22.4 Å². The van der Waals surface area contributed by atoms with E-state index in [9.17, 15) is 9.59 Å². The maximum absolute atomic E-state index is 12.6. The van der Waals surface area contributed by atoms with Crippen molar-refractivity contribution in [3.8, 4) is 0 Å². The molecule has 1 aromatic heterocycles. The SMILES string of the molecule is CC(C)C(=O)N1CCN(Cc2cccs2)CC2(CC(=O)N(C)C2)C1. The zero-order valence-electron chi connectivity index (χ0n) is 14.8. The van der Waals surface area contributed by atoms with Gasteiger partial charge in [0.05, 0.1) is 0 Å². The monoisotopic (exact) mass is 349 g/mol. The molecule has 1 aromatic rings. The molecule has 0 radical (unpaired) electrons. The Labute approximate surface area is 148 Å². The second-order valence-corrected chi connectivity index (χ2v) is 8.66. The normalized spacial score (nSPS) is 25.8. The zero-order valence-corrected chi connectivity index (χ0v) is 15.6. The van der Waals surface area contributed by atoms with Gasteiger partial charge in [-0.1, -0.05) is 19.9 Å². The first kappa shape index (κ1) is 17.4. The van der Waals surface area contributed by atoms with Crippen LogP contribution in [-0.2, 0) is 16.1 Å². The van der Waals surface area contributed by atoms with Gasteiger partial charge >= 0.3 is 0 Å². The van der Waals surface area contributed by atoms with Crippen LogP contribution in [0.15, 0.2) is 17.5 Å². The maximum Gasteiger partial charge on any atom is 0.225 e. The van der Waals surface area contributed by atoms with Crippen LogP contribution in [0.2, 0.25) is 0 Å². The first-order valence-corrected chi connectivity index (χ1v) is 9.54. The molecule has 0 bridgehead atoms. The summed E-state index contributed by atoms with van der Waals surface area (Å²) >= 11 is 1.77. The standard InChI is InChI=1S/C18H27N3O2S/c1-14(2)17(23)21-7-6-20(10-15-5-4-8-24-15)12-18(13-21)9-16(22)19(3)11-18/h4-5,8,14H,6-7,9-13H2,1-3H3. The summed E-state index contributed by atoms with van der Waals surface area (Å²) in [5.41, 5.74) is -0.135. The van der Waals surface area contributed by atoms with Gasteiger partial charge in [0.2, 0.25) is 11.8 Å². The van der Waals surface area contributed by atoms with Crippen molar-refractivity contribution in [2.45, 2.75) is 26.8 Å². The molecule has 5 nitrogen and oxygen atoms in total. The van der Waals surface area contributed by atoms with E-state index < -0.39 is 0 Å². The van der Waals surface area contributed by atoms with Crippen LogP contribution in [0.4, 0.5) is 0 Å². The van der Waals surface area contributed by atoms with Crippen molar-refractivity contribution in [2.24, 2.45) is 11.3 Å². The molecule has 1 atom stereocenters. The Morgan fingerprint density at radius 2 is 2.08 bits per heavy atom. The number of amides is 2. The molecule has 0 aliphatic carbocycles. The van der Waals surface area contributed by atoms with Crippen molar-refractivity contribution in [1.82, 2.24) is 14.7 Å². The molecule has 6 heteroatoms. The summed E-state index contributed by atoms with van der Waals surface area (Å²) in [5.74, 6) is 0.403. The summed E-state index contributed by atoms with van der Waals surface area (Å²) < 4.78 is 0. The van der Waals surface area contributed by atoms with Gasteiger partial charge in [-0.2, -0.15) is 0 Å². The van der Waals surface area contributed by atoms with Crippen molar-refractivity contribution < 1.29 is 9.59 Å². The molecule has 0 aromatic carbocycles. The molecule has 2 aliphatic rings. The number of hydrogen-bond donors (Lipinski definition) is 0. The molecular formula is C18H27N3O2S. The van der Waals surface area contributed by atoms with E-state index in [-0.39, 0.29) is 23.1 Å². The second kappa shape index (κ2) is 6.84. The van der Waals surface area contributed by atoms with Crippen molar-refractivity contribution in [3.63, 3.8) is 0 Å². The smallest absolute Gasteiger partial charge is 0.225 e. The Kier molecular flexibility index (Phi) is 4.97. The largest absolute Gasteiger partial charge is 0.345 e. The molecular weight excluding hydrogens is 322 g/mol. The highest BCUT2D eigenvalue weighted by Crippen LogP contribution is 2.35. The molecule has 3 heterocycles. The fraction of sp³-hybridized carbons (Fsp3) is 0.667. The van der Waals surface area contributed by atoms with E-state index in [1.165, 1.54) is 4.88 Å². The number of carbonyl (C=O) groups excluding carboxylic acids is 2. The maximum atomic E-state index is 12.6. The molecule has 2 fully saturated rings. The first-order chi connectivity index (χ1) is 11.4. The van der Waals surface area contributed by atoms with Gasteiger partial charge in [-0.05, 0) is 11.4 Å². The minimum atomic E-state index is -0.135. The lowest BCUT2D eigenvalue weighted by Gasteiger charge is -2.33. The van der Waals surface area contributed by atoms with Gasteiger partial charge in [-0.15, -0.1) is 11.3 Å². The van der Waals surface area contributed by atoms with E-state index in [4.69, 9.17) is 0 Å². The van der Waals surface area contributed by atoms with Gasteiger partial charge in [0.25, 0.3) is 0 Å². The average Bonchev–Trinajstić information content (AvgIpc) is 3.06. The summed E-state index contributed by atoms with van der Waals surface area (Å²) in [5, 5.41) is 2.10. The Bertz CT molecular complexity index is 601. The Hall–Kier alpha value is -1.40.